The van der Waals surface area contributed by atoms with Crippen LogP contribution >= 0.6 is 34.3 Å². The Bertz CT molecular complexity index is 1470. The normalized spacial score (nSPS) is 15.8. The number of methoxy groups -OCH3 is 3. The number of thiazole rings is 1. The molecule has 0 atom stereocenters. The molecule has 1 aromatic carbocycles. The third kappa shape index (κ3) is 5.30. The molecule has 1 aliphatic heterocycles. The molecule has 1 amide bonds. The Morgan fingerprint density at radius 3 is 2.33 bits per heavy atom. The van der Waals surface area contributed by atoms with Crippen molar-refractivity contribution in [3.63, 3.8) is 0 Å². The van der Waals surface area contributed by atoms with Gasteiger partial charge in [0.05, 0.1) is 35.9 Å². The summed E-state index contributed by atoms with van der Waals surface area (Å²) in [6, 6.07) is 6.52. The van der Waals surface area contributed by atoms with E-state index in [1.165, 1.54) is 43.0 Å². The zero-order valence-electron chi connectivity index (χ0n) is 19.7. The predicted molar refractivity (Wildman–Crippen MR) is 136 cm³/mol. The lowest BCUT2D eigenvalue weighted by molar-refractivity contribution is -0.141. The van der Waals surface area contributed by atoms with E-state index in [-0.39, 0.29) is 29.8 Å². The highest BCUT2D eigenvalue weighted by Gasteiger charge is 2.33. The van der Waals surface area contributed by atoms with E-state index < -0.39 is 21.9 Å². The van der Waals surface area contributed by atoms with E-state index in [2.05, 4.69) is 4.99 Å². The monoisotopic (exact) mass is 573 g/mol. The highest BCUT2D eigenvalue weighted by molar-refractivity contribution is 7.91. The van der Waals surface area contributed by atoms with Gasteiger partial charge in [-0.1, -0.05) is 22.9 Å². The number of sulfonamides is 1. The Hall–Kier alpha value is -2.45. The summed E-state index contributed by atoms with van der Waals surface area (Å²) >= 11 is 8.14. The smallest absolute Gasteiger partial charge is 0.325 e. The molecule has 3 aromatic rings. The number of rotatable bonds is 7. The van der Waals surface area contributed by atoms with Crippen LogP contribution in [0.5, 0.6) is 11.5 Å². The molecule has 36 heavy (non-hydrogen) atoms. The van der Waals surface area contributed by atoms with E-state index in [9.17, 15) is 18.0 Å². The van der Waals surface area contributed by atoms with Crippen molar-refractivity contribution in [3.05, 3.63) is 33.4 Å². The van der Waals surface area contributed by atoms with Gasteiger partial charge in [-0.25, -0.2) is 8.42 Å². The second-order valence-electron chi connectivity index (χ2n) is 7.91. The van der Waals surface area contributed by atoms with Gasteiger partial charge in [0.2, 0.25) is 0 Å². The minimum atomic E-state index is -3.65. The SMILES string of the molecule is COC(=O)Cn1c(=NC(=O)C2CCN(S(=O)(=O)c3ccc(Cl)s3)CC2)sc2cc(OC)c(OC)cc21. The van der Waals surface area contributed by atoms with Crippen LogP contribution in [0, 0.1) is 5.92 Å². The maximum absolute atomic E-state index is 13.1. The van der Waals surface area contributed by atoms with Crippen molar-refractivity contribution in [2.24, 2.45) is 10.9 Å². The fraction of sp³-hybridized carbons (Fsp3) is 0.409. The first-order valence-electron chi connectivity index (χ1n) is 10.8. The summed E-state index contributed by atoms with van der Waals surface area (Å²) < 4.78 is 45.6. The van der Waals surface area contributed by atoms with Crippen molar-refractivity contribution >= 4 is 66.4 Å². The number of nitrogens with zero attached hydrogens (tertiary/aromatic N) is 3. The second-order valence-corrected chi connectivity index (χ2v) is 12.8. The molecule has 0 radical (unpaired) electrons. The molecule has 2 aromatic heterocycles. The van der Waals surface area contributed by atoms with Crippen LogP contribution < -0.4 is 14.3 Å². The number of fused-ring (bicyclic) bond motifs is 1. The molecule has 1 fully saturated rings. The number of piperidine rings is 1. The van der Waals surface area contributed by atoms with E-state index >= 15 is 0 Å². The minimum Gasteiger partial charge on any atom is -0.493 e. The number of thiophene rings is 1. The Morgan fingerprint density at radius 1 is 1.08 bits per heavy atom. The van der Waals surface area contributed by atoms with Gasteiger partial charge in [0.25, 0.3) is 15.9 Å². The van der Waals surface area contributed by atoms with E-state index in [1.54, 1.807) is 22.8 Å². The fourth-order valence-corrected chi connectivity index (χ4v) is 8.07. The van der Waals surface area contributed by atoms with Gasteiger partial charge in [0.1, 0.15) is 10.8 Å². The van der Waals surface area contributed by atoms with Gasteiger partial charge >= 0.3 is 5.97 Å². The first kappa shape index (κ1) is 26.6. The van der Waals surface area contributed by atoms with E-state index in [0.717, 1.165) is 16.0 Å². The standard InChI is InChI=1S/C22H24ClN3O7S3/c1-31-15-10-14-17(11-16(15)32-2)34-22(26(14)12-19(27)33-3)24-21(28)13-6-8-25(9-7-13)36(29,30)20-5-4-18(23)35-20/h4-5,10-11,13H,6-9,12H2,1-3H3. The Balaban J connectivity index is 1.61. The first-order valence-corrected chi connectivity index (χ1v) is 14.3. The first-order chi connectivity index (χ1) is 17.2. The average Bonchev–Trinajstić information content (AvgIpc) is 3.46. The molecule has 14 heteroatoms. The largest absolute Gasteiger partial charge is 0.493 e. The van der Waals surface area contributed by atoms with Crippen molar-refractivity contribution in [3.8, 4) is 11.5 Å². The van der Waals surface area contributed by atoms with Crippen molar-refractivity contribution < 1.29 is 32.2 Å². The molecular weight excluding hydrogens is 550 g/mol. The average molecular weight is 574 g/mol. The summed E-state index contributed by atoms with van der Waals surface area (Å²) in [5.41, 5.74) is 0.644. The van der Waals surface area contributed by atoms with Crippen LogP contribution in [0.1, 0.15) is 12.8 Å². The summed E-state index contributed by atoms with van der Waals surface area (Å²) in [5.74, 6) is -0.319. The van der Waals surface area contributed by atoms with Gasteiger partial charge in [0, 0.05) is 31.1 Å². The van der Waals surface area contributed by atoms with Crippen LogP contribution in [0.15, 0.2) is 33.5 Å². The Labute approximate surface area is 220 Å². The number of carbonyl (C=O) groups is 2. The third-order valence-electron chi connectivity index (χ3n) is 5.85. The predicted octanol–water partition coefficient (Wildman–Crippen LogP) is 3.14. The maximum atomic E-state index is 13.1. The highest BCUT2D eigenvalue weighted by atomic mass is 35.5. The zero-order chi connectivity index (χ0) is 26.0. The lowest BCUT2D eigenvalue weighted by Crippen LogP contribution is -2.40. The van der Waals surface area contributed by atoms with E-state index in [1.807, 2.05) is 0 Å². The Kier molecular flexibility index (Phi) is 8.05. The molecule has 0 spiro atoms. The molecule has 3 heterocycles. The molecule has 1 aliphatic rings. The number of benzene rings is 1. The maximum Gasteiger partial charge on any atom is 0.325 e. The Morgan fingerprint density at radius 2 is 1.75 bits per heavy atom. The summed E-state index contributed by atoms with van der Waals surface area (Å²) in [7, 11) is 0.663. The lowest BCUT2D eigenvalue weighted by atomic mass is 9.98. The topological polar surface area (TPSA) is 116 Å². The van der Waals surface area contributed by atoms with Crippen LogP contribution in [0.2, 0.25) is 4.34 Å². The van der Waals surface area contributed by atoms with Crippen LogP contribution in [0.4, 0.5) is 0 Å². The van der Waals surface area contributed by atoms with Crippen LogP contribution in [-0.4, -0.2) is 63.6 Å². The van der Waals surface area contributed by atoms with Crippen LogP contribution in [0.25, 0.3) is 10.2 Å². The van der Waals surface area contributed by atoms with E-state index in [4.69, 9.17) is 25.8 Å². The number of esters is 1. The molecule has 10 nitrogen and oxygen atoms in total. The quantitative estimate of drug-likeness (QED) is 0.399. The summed E-state index contributed by atoms with van der Waals surface area (Å²) in [6.07, 6.45) is 0.675. The van der Waals surface area contributed by atoms with Gasteiger partial charge in [-0.2, -0.15) is 9.30 Å². The number of ether oxygens (including phenoxy) is 3. The summed E-state index contributed by atoms with van der Waals surface area (Å²) in [6.45, 7) is 0.262. The lowest BCUT2D eigenvalue weighted by Gasteiger charge is -2.29. The van der Waals surface area contributed by atoms with Crippen LogP contribution in [-0.2, 0) is 30.9 Å². The molecule has 0 N–H and O–H groups in total. The zero-order valence-corrected chi connectivity index (χ0v) is 22.9. The molecule has 0 saturated carbocycles. The molecular formula is C22H24ClN3O7S3. The van der Waals surface area contributed by atoms with Crippen molar-refractivity contribution in [1.82, 2.24) is 8.87 Å². The number of halogens is 1. The van der Waals surface area contributed by atoms with Gasteiger partial charge in [-0.15, -0.1) is 11.3 Å². The van der Waals surface area contributed by atoms with Crippen molar-refractivity contribution in [2.75, 3.05) is 34.4 Å². The molecule has 0 bridgehead atoms. The number of hydrogen-bond donors (Lipinski definition) is 0. The van der Waals surface area contributed by atoms with Gasteiger partial charge in [-0.3, -0.25) is 9.59 Å². The number of amides is 1. The third-order valence-corrected chi connectivity index (χ3v) is 10.5. The fourth-order valence-electron chi connectivity index (χ4n) is 3.92. The molecule has 4 rings (SSSR count). The van der Waals surface area contributed by atoms with Gasteiger partial charge in [0.15, 0.2) is 16.3 Å². The summed E-state index contributed by atoms with van der Waals surface area (Å²) in [4.78, 5) is 29.9. The molecule has 1 saturated heterocycles. The van der Waals surface area contributed by atoms with Crippen LogP contribution in [0.3, 0.4) is 0 Å². The number of hydrogen-bond acceptors (Lipinski definition) is 9. The highest BCUT2D eigenvalue weighted by Crippen LogP contribution is 2.34. The molecule has 194 valence electrons. The molecule has 0 aliphatic carbocycles. The van der Waals surface area contributed by atoms with Crippen molar-refractivity contribution in [1.29, 1.82) is 0 Å². The second kappa shape index (κ2) is 10.9. The van der Waals surface area contributed by atoms with Gasteiger partial charge in [-0.05, 0) is 25.0 Å². The van der Waals surface area contributed by atoms with E-state index in [0.29, 0.717) is 39.0 Å². The summed E-state index contributed by atoms with van der Waals surface area (Å²) in [5, 5.41) is 0. The number of aromatic nitrogens is 1. The number of carbonyl (C=O) groups excluding carboxylic acids is 2. The van der Waals surface area contributed by atoms with Gasteiger partial charge < -0.3 is 18.8 Å². The molecule has 0 unspecified atom stereocenters. The van der Waals surface area contributed by atoms with Crippen molar-refractivity contribution in [2.45, 2.75) is 23.6 Å². The minimum absolute atomic E-state index is 0.141.